The molecule has 0 bridgehead atoms. The lowest BCUT2D eigenvalue weighted by molar-refractivity contribution is -0.150. The lowest BCUT2D eigenvalue weighted by Crippen LogP contribution is -2.65. The fourth-order valence-electron chi connectivity index (χ4n) is 4.35. The molecule has 1 amide bonds. The molecule has 2 aliphatic carbocycles. The van der Waals surface area contributed by atoms with E-state index in [-0.39, 0.29) is 29.8 Å². The Morgan fingerprint density at radius 2 is 1.86 bits per heavy atom. The van der Waals surface area contributed by atoms with Gasteiger partial charge in [0.25, 0.3) is 0 Å². The van der Waals surface area contributed by atoms with Gasteiger partial charge >= 0.3 is 0 Å². The smallest absolute Gasteiger partial charge is 0.227 e. The van der Waals surface area contributed by atoms with Crippen LogP contribution in [0.4, 0.5) is 0 Å². The maximum atomic E-state index is 12.7. The van der Waals surface area contributed by atoms with Gasteiger partial charge < -0.3 is 15.8 Å². The van der Waals surface area contributed by atoms with E-state index in [2.05, 4.69) is 26.1 Å². The van der Waals surface area contributed by atoms with Crippen LogP contribution < -0.4 is 11.1 Å². The summed E-state index contributed by atoms with van der Waals surface area (Å²) in [5.41, 5.74) is 5.71. The molecule has 0 radical (unpaired) electrons. The molecule has 0 aromatic carbocycles. The zero-order valence-corrected chi connectivity index (χ0v) is 15.1. The van der Waals surface area contributed by atoms with Crippen molar-refractivity contribution in [3.05, 3.63) is 0 Å². The summed E-state index contributed by atoms with van der Waals surface area (Å²) < 4.78 is 5.92. The summed E-state index contributed by atoms with van der Waals surface area (Å²) in [6.07, 6.45) is 7.83. The van der Waals surface area contributed by atoms with Crippen LogP contribution in [-0.2, 0) is 9.53 Å². The molecule has 2 fully saturated rings. The summed E-state index contributed by atoms with van der Waals surface area (Å²) in [6, 6.07) is 0.285. The van der Waals surface area contributed by atoms with Gasteiger partial charge in [-0.25, -0.2) is 0 Å². The summed E-state index contributed by atoms with van der Waals surface area (Å²) >= 11 is 0. The zero-order chi connectivity index (χ0) is 15.5. The minimum Gasteiger partial charge on any atom is -0.378 e. The molecule has 1 spiro atoms. The first-order valence-corrected chi connectivity index (χ1v) is 8.71. The number of ether oxygens (including phenoxy) is 1. The van der Waals surface area contributed by atoms with E-state index in [1.807, 2.05) is 0 Å². The van der Waals surface area contributed by atoms with E-state index in [9.17, 15) is 4.79 Å². The highest BCUT2D eigenvalue weighted by atomic mass is 35.5. The molecule has 2 atom stereocenters. The highest BCUT2D eigenvalue weighted by molar-refractivity contribution is 5.85. The Bertz CT molecular complexity index is 357. The summed E-state index contributed by atoms with van der Waals surface area (Å²) in [6.45, 7) is 7.38. The Balaban J connectivity index is 0.00000242. The molecule has 2 unspecified atom stereocenters. The molecule has 22 heavy (non-hydrogen) atoms. The molecule has 3 N–H and O–H groups in total. The Kier molecular flexibility index (Phi) is 7.16. The van der Waals surface area contributed by atoms with Gasteiger partial charge in [-0.15, -0.1) is 12.4 Å². The third-order valence-electron chi connectivity index (χ3n) is 6.22. The molecule has 130 valence electrons. The first-order chi connectivity index (χ1) is 10.1. The summed E-state index contributed by atoms with van der Waals surface area (Å²) in [5.74, 6) is 0.154. The van der Waals surface area contributed by atoms with Crippen LogP contribution in [0.15, 0.2) is 0 Å². The molecular weight excluding hydrogens is 300 g/mol. The molecule has 0 aromatic rings. The molecule has 2 rings (SSSR count). The monoisotopic (exact) mass is 332 g/mol. The van der Waals surface area contributed by atoms with E-state index in [1.165, 1.54) is 25.7 Å². The number of carbonyl (C=O) groups excluding carboxylic acids is 1. The lowest BCUT2D eigenvalue weighted by atomic mass is 9.60. The van der Waals surface area contributed by atoms with E-state index >= 15 is 0 Å². The average Bonchev–Trinajstić information content (AvgIpc) is 3.01. The van der Waals surface area contributed by atoms with Crippen molar-refractivity contribution in [2.24, 2.45) is 16.6 Å². The van der Waals surface area contributed by atoms with Gasteiger partial charge in [-0.05, 0) is 39.0 Å². The maximum Gasteiger partial charge on any atom is 0.227 e. The largest absolute Gasteiger partial charge is 0.378 e. The first-order valence-electron chi connectivity index (χ1n) is 8.71. The van der Waals surface area contributed by atoms with Crippen molar-refractivity contribution in [1.29, 1.82) is 0 Å². The summed E-state index contributed by atoms with van der Waals surface area (Å²) in [4.78, 5) is 12.7. The number of carbonyl (C=O) groups is 1. The fraction of sp³-hybridized carbons (Fsp3) is 0.941. The predicted octanol–water partition coefficient (Wildman–Crippen LogP) is 3.03. The van der Waals surface area contributed by atoms with Gasteiger partial charge in [0.15, 0.2) is 0 Å². The van der Waals surface area contributed by atoms with Gasteiger partial charge in [0.05, 0.1) is 11.5 Å². The Morgan fingerprint density at radius 3 is 2.32 bits per heavy atom. The Labute approximate surface area is 141 Å². The van der Waals surface area contributed by atoms with Gasteiger partial charge in [0.1, 0.15) is 0 Å². The van der Waals surface area contributed by atoms with Crippen molar-refractivity contribution in [1.82, 2.24) is 5.32 Å². The van der Waals surface area contributed by atoms with Crippen molar-refractivity contribution >= 4 is 18.3 Å². The van der Waals surface area contributed by atoms with Crippen LogP contribution in [0.1, 0.15) is 65.7 Å². The van der Waals surface area contributed by atoms with Gasteiger partial charge in [-0.1, -0.05) is 26.7 Å². The SMILES string of the molecule is CCOC1CC(NC(=O)C(CC)(CC)CN)C12CCCC2.Cl. The highest BCUT2D eigenvalue weighted by Crippen LogP contribution is 2.55. The van der Waals surface area contributed by atoms with Crippen molar-refractivity contribution in [3.8, 4) is 0 Å². The number of nitrogens with two attached hydrogens (primary N) is 1. The molecule has 0 heterocycles. The molecule has 0 saturated heterocycles. The van der Waals surface area contributed by atoms with E-state index in [0.717, 1.165) is 25.9 Å². The first kappa shape index (κ1) is 19.7. The van der Waals surface area contributed by atoms with Crippen LogP contribution >= 0.6 is 12.4 Å². The van der Waals surface area contributed by atoms with Crippen molar-refractivity contribution in [2.45, 2.75) is 77.9 Å². The Hall–Kier alpha value is -0.320. The third-order valence-corrected chi connectivity index (χ3v) is 6.22. The summed E-state index contributed by atoms with van der Waals surface area (Å²) in [7, 11) is 0. The number of amides is 1. The quantitative estimate of drug-likeness (QED) is 0.753. The van der Waals surface area contributed by atoms with Crippen molar-refractivity contribution < 1.29 is 9.53 Å². The molecule has 4 nitrogen and oxygen atoms in total. The lowest BCUT2D eigenvalue weighted by Gasteiger charge is -2.54. The van der Waals surface area contributed by atoms with Crippen LogP contribution in [-0.4, -0.2) is 31.2 Å². The maximum absolute atomic E-state index is 12.7. The molecule has 0 aromatic heterocycles. The van der Waals surface area contributed by atoms with E-state index < -0.39 is 5.41 Å². The van der Waals surface area contributed by atoms with E-state index in [1.54, 1.807) is 0 Å². The topological polar surface area (TPSA) is 64.3 Å². The average molecular weight is 333 g/mol. The second kappa shape index (κ2) is 7.98. The minimum atomic E-state index is -0.392. The second-order valence-corrected chi connectivity index (χ2v) is 6.84. The van der Waals surface area contributed by atoms with Crippen LogP contribution in [0.2, 0.25) is 0 Å². The normalized spacial score (nSPS) is 26.4. The predicted molar refractivity (Wildman–Crippen MR) is 92.2 cm³/mol. The minimum absolute atomic E-state index is 0. The summed E-state index contributed by atoms with van der Waals surface area (Å²) in [5, 5.41) is 3.33. The van der Waals surface area contributed by atoms with Crippen LogP contribution in [0.3, 0.4) is 0 Å². The van der Waals surface area contributed by atoms with Crippen LogP contribution in [0.25, 0.3) is 0 Å². The third kappa shape index (κ3) is 3.15. The number of halogens is 1. The number of hydrogen-bond donors (Lipinski definition) is 2. The Morgan fingerprint density at radius 1 is 1.27 bits per heavy atom. The van der Waals surface area contributed by atoms with Gasteiger partial charge in [0, 0.05) is 24.6 Å². The van der Waals surface area contributed by atoms with Crippen LogP contribution in [0.5, 0.6) is 0 Å². The van der Waals surface area contributed by atoms with Gasteiger partial charge in [-0.3, -0.25) is 4.79 Å². The number of nitrogens with one attached hydrogen (secondary N) is 1. The van der Waals surface area contributed by atoms with Crippen LogP contribution in [0, 0.1) is 10.8 Å². The van der Waals surface area contributed by atoms with E-state index in [4.69, 9.17) is 10.5 Å². The zero-order valence-electron chi connectivity index (χ0n) is 14.3. The molecule has 5 heteroatoms. The number of rotatable bonds is 7. The molecule has 2 aliphatic rings. The number of hydrogen-bond acceptors (Lipinski definition) is 3. The molecular formula is C17H33ClN2O2. The second-order valence-electron chi connectivity index (χ2n) is 6.84. The van der Waals surface area contributed by atoms with Crippen molar-refractivity contribution in [3.63, 3.8) is 0 Å². The van der Waals surface area contributed by atoms with Gasteiger partial charge in [0.2, 0.25) is 5.91 Å². The van der Waals surface area contributed by atoms with Gasteiger partial charge in [-0.2, -0.15) is 0 Å². The highest BCUT2D eigenvalue weighted by Gasteiger charge is 2.57. The van der Waals surface area contributed by atoms with Crippen molar-refractivity contribution in [2.75, 3.05) is 13.2 Å². The molecule has 0 aliphatic heterocycles. The van der Waals surface area contributed by atoms with E-state index in [0.29, 0.717) is 12.6 Å². The fourth-order valence-corrected chi connectivity index (χ4v) is 4.35. The molecule has 2 saturated carbocycles. The standard InChI is InChI=1S/C17H32N2O2.ClH/c1-4-16(5-2,12-18)15(20)19-13-11-14(21-6-3)17(13)9-7-8-10-17;/h13-14H,4-12,18H2,1-3H3,(H,19,20);1H.